The molecule has 1 aromatic heterocycles. The molecule has 0 aliphatic rings. The molecule has 5 heteroatoms. The van der Waals surface area contributed by atoms with Gasteiger partial charge >= 0.3 is 0 Å². The monoisotopic (exact) mass is 213 g/mol. The molecule has 1 heterocycles. The Hall–Kier alpha value is -1.16. The molecule has 76 valence electrons. The molecule has 0 saturated heterocycles. The molecule has 0 aliphatic carbocycles. The molecule has 0 radical (unpaired) electrons. The van der Waals surface area contributed by atoms with Crippen LogP contribution in [0.25, 0.3) is 0 Å². The standard InChI is InChI=1S/C9H12ClN3O/c1-7-4-12-8(5-11-7)6-13-9(14)2-3-10/h4-5H,2-3,6H2,1H3,(H,13,14). The average molecular weight is 214 g/mol. The highest BCUT2D eigenvalue weighted by molar-refractivity contribution is 6.18. The van der Waals surface area contributed by atoms with Gasteiger partial charge in [-0.3, -0.25) is 14.8 Å². The SMILES string of the molecule is Cc1cnc(CNC(=O)CCCl)cn1. The van der Waals surface area contributed by atoms with E-state index in [1.807, 2.05) is 6.92 Å². The smallest absolute Gasteiger partial charge is 0.221 e. The zero-order valence-electron chi connectivity index (χ0n) is 7.96. The molecule has 0 unspecified atom stereocenters. The summed E-state index contributed by atoms with van der Waals surface area (Å²) >= 11 is 5.41. The lowest BCUT2D eigenvalue weighted by Crippen LogP contribution is -2.23. The summed E-state index contributed by atoms with van der Waals surface area (Å²) in [5.74, 6) is 0.271. The van der Waals surface area contributed by atoms with Crippen molar-refractivity contribution in [3.8, 4) is 0 Å². The van der Waals surface area contributed by atoms with Gasteiger partial charge in [0.25, 0.3) is 0 Å². The van der Waals surface area contributed by atoms with Gasteiger partial charge in [-0.05, 0) is 6.92 Å². The first-order valence-corrected chi connectivity index (χ1v) is 4.86. The molecule has 1 rings (SSSR count). The van der Waals surface area contributed by atoms with E-state index in [-0.39, 0.29) is 5.91 Å². The average Bonchev–Trinajstić information content (AvgIpc) is 2.17. The maximum atomic E-state index is 11.0. The normalized spacial score (nSPS) is 9.86. The molecule has 1 amide bonds. The fourth-order valence-electron chi connectivity index (χ4n) is 0.874. The highest BCUT2D eigenvalue weighted by Gasteiger charge is 2.00. The quantitative estimate of drug-likeness (QED) is 0.761. The molecular weight excluding hydrogens is 202 g/mol. The van der Waals surface area contributed by atoms with Crippen molar-refractivity contribution in [2.45, 2.75) is 19.9 Å². The fraction of sp³-hybridized carbons (Fsp3) is 0.444. The van der Waals surface area contributed by atoms with Crippen molar-refractivity contribution in [1.29, 1.82) is 0 Å². The van der Waals surface area contributed by atoms with Crippen molar-refractivity contribution in [3.63, 3.8) is 0 Å². The van der Waals surface area contributed by atoms with Crippen molar-refractivity contribution in [2.75, 3.05) is 5.88 Å². The minimum absolute atomic E-state index is 0.0672. The van der Waals surface area contributed by atoms with E-state index >= 15 is 0 Å². The number of nitrogens with one attached hydrogen (secondary N) is 1. The van der Waals surface area contributed by atoms with Gasteiger partial charge in [0, 0.05) is 18.5 Å². The summed E-state index contributed by atoms with van der Waals surface area (Å²) in [6.45, 7) is 2.27. The molecule has 0 fully saturated rings. The number of carbonyl (C=O) groups is 1. The van der Waals surface area contributed by atoms with E-state index in [4.69, 9.17) is 11.6 Å². The molecule has 4 nitrogen and oxygen atoms in total. The highest BCUT2D eigenvalue weighted by atomic mass is 35.5. The van der Waals surface area contributed by atoms with Gasteiger partial charge in [-0.2, -0.15) is 0 Å². The lowest BCUT2D eigenvalue weighted by Gasteiger charge is -2.02. The van der Waals surface area contributed by atoms with Crippen LogP contribution in [0.2, 0.25) is 0 Å². The molecular formula is C9H12ClN3O. The molecule has 1 aromatic rings. The Morgan fingerprint density at radius 3 is 2.86 bits per heavy atom. The van der Waals surface area contributed by atoms with Gasteiger partial charge in [0.1, 0.15) is 0 Å². The van der Waals surface area contributed by atoms with E-state index in [0.29, 0.717) is 18.8 Å². The molecule has 0 atom stereocenters. The summed E-state index contributed by atoms with van der Waals surface area (Å²) in [6.07, 6.45) is 3.65. The predicted molar refractivity (Wildman–Crippen MR) is 54.0 cm³/mol. The van der Waals surface area contributed by atoms with E-state index in [0.717, 1.165) is 11.4 Å². The number of rotatable bonds is 4. The topological polar surface area (TPSA) is 54.9 Å². The number of hydrogen-bond donors (Lipinski definition) is 1. The van der Waals surface area contributed by atoms with Crippen LogP contribution >= 0.6 is 11.6 Å². The number of aryl methyl sites for hydroxylation is 1. The summed E-state index contributed by atoms with van der Waals surface area (Å²) in [7, 11) is 0. The summed E-state index contributed by atoms with van der Waals surface area (Å²) in [4.78, 5) is 19.2. The van der Waals surface area contributed by atoms with E-state index in [2.05, 4.69) is 15.3 Å². The lowest BCUT2D eigenvalue weighted by molar-refractivity contribution is -0.120. The summed E-state index contributed by atoms with van der Waals surface area (Å²) in [5.41, 5.74) is 1.61. The summed E-state index contributed by atoms with van der Waals surface area (Å²) in [5, 5.41) is 2.69. The van der Waals surface area contributed by atoms with Gasteiger partial charge in [-0.1, -0.05) is 0 Å². The third-order valence-corrected chi connectivity index (χ3v) is 1.81. The van der Waals surface area contributed by atoms with Crippen molar-refractivity contribution in [1.82, 2.24) is 15.3 Å². The lowest BCUT2D eigenvalue weighted by atomic mass is 10.4. The van der Waals surface area contributed by atoms with Crippen molar-refractivity contribution < 1.29 is 4.79 Å². The van der Waals surface area contributed by atoms with Crippen LogP contribution in [0.5, 0.6) is 0 Å². The number of aromatic nitrogens is 2. The van der Waals surface area contributed by atoms with Crippen molar-refractivity contribution >= 4 is 17.5 Å². The maximum absolute atomic E-state index is 11.0. The first-order chi connectivity index (χ1) is 6.72. The number of alkyl halides is 1. The van der Waals surface area contributed by atoms with E-state index in [9.17, 15) is 4.79 Å². The molecule has 0 aliphatic heterocycles. The van der Waals surface area contributed by atoms with Crippen LogP contribution < -0.4 is 5.32 Å². The van der Waals surface area contributed by atoms with E-state index in [1.54, 1.807) is 12.4 Å². The van der Waals surface area contributed by atoms with Gasteiger partial charge in [-0.25, -0.2) is 0 Å². The van der Waals surface area contributed by atoms with Crippen LogP contribution in [0, 0.1) is 6.92 Å². The van der Waals surface area contributed by atoms with E-state index in [1.165, 1.54) is 0 Å². The zero-order valence-corrected chi connectivity index (χ0v) is 8.71. The number of nitrogens with zero attached hydrogens (tertiary/aromatic N) is 2. The Bertz CT molecular complexity index is 299. The van der Waals surface area contributed by atoms with Crippen LogP contribution in [0.15, 0.2) is 12.4 Å². The van der Waals surface area contributed by atoms with E-state index < -0.39 is 0 Å². The molecule has 0 saturated carbocycles. The second-order valence-electron chi connectivity index (χ2n) is 2.86. The number of halogens is 1. The van der Waals surface area contributed by atoms with Crippen molar-refractivity contribution in [2.24, 2.45) is 0 Å². The fourth-order valence-corrected chi connectivity index (χ4v) is 1.05. The second-order valence-corrected chi connectivity index (χ2v) is 3.24. The third kappa shape index (κ3) is 3.70. The first kappa shape index (κ1) is 10.9. The molecule has 14 heavy (non-hydrogen) atoms. The van der Waals surface area contributed by atoms with Crippen LogP contribution in [-0.2, 0) is 11.3 Å². The number of carbonyl (C=O) groups excluding carboxylic acids is 1. The molecule has 1 N–H and O–H groups in total. The Kier molecular flexibility index (Phi) is 4.32. The minimum atomic E-state index is -0.0672. The van der Waals surface area contributed by atoms with Crippen LogP contribution in [0.3, 0.4) is 0 Å². The molecule has 0 spiro atoms. The van der Waals surface area contributed by atoms with Gasteiger partial charge in [0.15, 0.2) is 0 Å². The second kappa shape index (κ2) is 5.54. The van der Waals surface area contributed by atoms with Crippen LogP contribution in [0.1, 0.15) is 17.8 Å². The first-order valence-electron chi connectivity index (χ1n) is 4.32. The van der Waals surface area contributed by atoms with Gasteiger partial charge in [0.2, 0.25) is 5.91 Å². The Morgan fingerprint density at radius 2 is 2.29 bits per heavy atom. The predicted octanol–water partition coefficient (Wildman–Crippen LogP) is 1.03. The van der Waals surface area contributed by atoms with Gasteiger partial charge < -0.3 is 5.32 Å². The molecule has 0 bridgehead atoms. The Labute approximate surface area is 87.7 Å². The summed E-state index contributed by atoms with van der Waals surface area (Å²) < 4.78 is 0. The van der Waals surface area contributed by atoms with Crippen LogP contribution in [-0.4, -0.2) is 21.8 Å². The largest absolute Gasteiger partial charge is 0.350 e. The maximum Gasteiger partial charge on any atom is 0.221 e. The number of hydrogen-bond acceptors (Lipinski definition) is 3. The minimum Gasteiger partial charge on any atom is -0.350 e. The highest BCUT2D eigenvalue weighted by Crippen LogP contribution is 1.94. The summed E-state index contributed by atoms with van der Waals surface area (Å²) in [6, 6.07) is 0. The van der Waals surface area contributed by atoms with Gasteiger partial charge in [-0.15, -0.1) is 11.6 Å². The van der Waals surface area contributed by atoms with Gasteiger partial charge in [0.05, 0.1) is 24.1 Å². The zero-order chi connectivity index (χ0) is 10.4. The van der Waals surface area contributed by atoms with Crippen LogP contribution in [0.4, 0.5) is 0 Å². The number of amides is 1. The van der Waals surface area contributed by atoms with Crippen molar-refractivity contribution in [3.05, 3.63) is 23.8 Å². The Morgan fingerprint density at radius 1 is 1.50 bits per heavy atom. The third-order valence-electron chi connectivity index (χ3n) is 1.62. The molecule has 0 aromatic carbocycles. The Balaban J connectivity index is 2.38.